The minimum atomic E-state index is -1.28. The average Bonchev–Trinajstić information content (AvgIpc) is 2.47. The third-order valence-electron chi connectivity index (χ3n) is 4.87. The molecule has 0 bridgehead atoms. The van der Waals surface area contributed by atoms with E-state index in [1.54, 1.807) is 6.92 Å². The van der Waals surface area contributed by atoms with Gasteiger partial charge >= 0.3 is 5.97 Å². The molecule has 0 aromatic heterocycles. The Bertz CT molecular complexity index is 311. The Balaban J connectivity index is 2.29. The fourth-order valence-corrected chi connectivity index (χ4v) is 3.71. The molecule has 3 heteroatoms. The molecule has 1 saturated carbocycles. The smallest absolute Gasteiger partial charge is 0.338 e. The van der Waals surface area contributed by atoms with Gasteiger partial charge in [0.1, 0.15) is 6.10 Å². The Morgan fingerprint density at radius 2 is 2.18 bits per heavy atom. The highest BCUT2D eigenvalue weighted by Crippen LogP contribution is 2.49. The van der Waals surface area contributed by atoms with Crippen LogP contribution in [0.25, 0.3) is 0 Å². The highest BCUT2D eigenvalue weighted by atomic mass is 16.6. The Kier molecular flexibility index (Phi) is 3.23. The maximum absolute atomic E-state index is 11.8. The van der Waals surface area contributed by atoms with Gasteiger partial charge in [-0.1, -0.05) is 27.2 Å². The first-order chi connectivity index (χ1) is 7.87. The summed E-state index contributed by atoms with van der Waals surface area (Å²) in [7, 11) is 0. The fraction of sp³-hybridized carbons (Fsp3) is 0.929. The van der Waals surface area contributed by atoms with E-state index in [2.05, 4.69) is 20.8 Å². The van der Waals surface area contributed by atoms with Crippen LogP contribution in [0.3, 0.4) is 0 Å². The molecule has 1 aliphatic carbocycles. The largest absolute Gasteiger partial charge is 0.460 e. The molecule has 1 heterocycles. The summed E-state index contributed by atoms with van der Waals surface area (Å²) in [4.78, 5) is 11.8. The minimum absolute atomic E-state index is 0.0128. The number of hydrogen-bond acceptors (Lipinski definition) is 3. The maximum Gasteiger partial charge on any atom is 0.338 e. The number of carbonyl (C=O) groups is 1. The van der Waals surface area contributed by atoms with E-state index in [1.807, 2.05) is 0 Å². The molecule has 1 N–H and O–H groups in total. The number of carbonyl (C=O) groups excluding carboxylic acids is 1. The highest BCUT2D eigenvalue weighted by molar-refractivity contribution is 5.81. The summed E-state index contributed by atoms with van der Waals surface area (Å²) in [5, 5.41) is 10.4. The first-order valence-electron chi connectivity index (χ1n) is 6.81. The van der Waals surface area contributed by atoms with Crippen LogP contribution in [-0.4, -0.2) is 22.8 Å². The summed E-state index contributed by atoms with van der Waals surface area (Å²) in [6, 6.07) is 0. The molecule has 0 radical (unpaired) electrons. The SMILES string of the molecule is CC[C@H](C)[C@H]1C[C@@H](C)C[C@H]2OC(=O)C(C)(O)[C@H]12. The van der Waals surface area contributed by atoms with Crippen molar-refractivity contribution in [3.05, 3.63) is 0 Å². The number of hydrogen-bond donors (Lipinski definition) is 1. The van der Waals surface area contributed by atoms with E-state index in [1.165, 1.54) is 0 Å². The van der Waals surface area contributed by atoms with Crippen LogP contribution in [0.15, 0.2) is 0 Å². The second-order valence-corrected chi connectivity index (χ2v) is 6.24. The summed E-state index contributed by atoms with van der Waals surface area (Å²) in [6.45, 7) is 8.24. The third kappa shape index (κ3) is 1.99. The van der Waals surface area contributed by atoms with Gasteiger partial charge in [0.2, 0.25) is 0 Å². The lowest BCUT2D eigenvalue weighted by Crippen LogP contribution is -2.47. The summed E-state index contributed by atoms with van der Waals surface area (Å²) in [5.74, 6) is 1.08. The molecule has 1 aliphatic heterocycles. The molecular weight excluding hydrogens is 216 g/mol. The number of fused-ring (bicyclic) bond motifs is 1. The van der Waals surface area contributed by atoms with Crippen LogP contribution in [0.5, 0.6) is 0 Å². The van der Waals surface area contributed by atoms with Crippen molar-refractivity contribution in [2.75, 3.05) is 0 Å². The average molecular weight is 240 g/mol. The van der Waals surface area contributed by atoms with Crippen molar-refractivity contribution in [2.45, 2.75) is 58.7 Å². The van der Waals surface area contributed by atoms with Gasteiger partial charge in [-0.3, -0.25) is 0 Å². The molecule has 2 fully saturated rings. The number of ether oxygens (including phenoxy) is 1. The van der Waals surface area contributed by atoms with Crippen molar-refractivity contribution in [3.8, 4) is 0 Å². The topological polar surface area (TPSA) is 46.5 Å². The molecule has 0 spiro atoms. The van der Waals surface area contributed by atoms with Crippen LogP contribution in [0.2, 0.25) is 0 Å². The van der Waals surface area contributed by atoms with E-state index < -0.39 is 11.6 Å². The fourth-order valence-electron chi connectivity index (χ4n) is 3.71. The van der Waals surface area contributed by atoms with Crippen LogP contribution in [0, 0.1) is 23.7 Å². The molecule has 0 aromatic carbocycles. The molecule has 98 valence electrons. The Morgan fingerprint density at radius 1 is 1.53 bits per heavy atom. The summed E-state index contributed by atoms with van der Waals surface area (Å²) in [5.41, 5.74) is -1.28. The maximum atomic E-state index is 11.8. The Morgan fingerprint density at radius 3 is 2.76 bits per heavy atom. The Labute approximate surface area is 104 Å². The van der Waals surface area contributed by atoms with Crippen molar-refractivity contribution in [3.63, 3.8) is 0 Å². The monoisotopic (exact) mass is 240 g/mol. The van der Waals surface area contributed by atoms with Crippen LogP contribution < -0.4 is 0 Å². The van der Waals surface area contributed by atoms with E-state index in [9.17, 15) is 9.90 Å². The lowest BCUT2D eigenvalue weighted by Gasteiger charge is -2.41. The van der Waals surface area contributed by atoms with Gasteiger partial charge in [0, 0.05) is 5.92 Å². The number of esters is 1. The van der Waals surface area contributed by atoms with E-state index in [-0.39, 0.29) is 12.0 Å². The zero-order valence-corrected chi connectivity index (χ0v) is 11.3. The summed E-state index contributed by atoms with van der Waals surface area (Å²) < 4.78 is 5.39. The minimum Gasteiger partial charge on any atom is -0.460 e. The molecule has 6 atom stereocenters. The normalized spacial score (nSPS) is 47.5. The van der Waals surface area contributed by atoms with Crippen molar-refractivity contribution in [1.29, 1.82) is 0 Å². The zero-order chi connectivity index (χ0) is 12.8. The van der Waals surface area contributed by atoms with Crippen molar-refractivity contribution < 1.29 is 14.6 Å². The molecule has 1 unspecified atom stereocenters. The number of rotatable bonds is 2. The van der Waals surface area contributed by atoms with Crippen LogP contribution in [0.1, 0.15) is 47.0 Å². The molecule has 3 nitrogen and oxygen atoms in total. The van der Waals surface area contributed by atoms with Gasteiger partial charge in [0.05, 0.1) is 0 Å². The van der Waals surface area contributed by atoms with Gasteiger partial charge in [-0.2, -0.15) is 0 Å². The lowest BCUT2D eigenvalue weighted by molar-refractivity contribution is -0.154. The van der Waals surface area contributed by atoms with Gasteiger partial charge in [0.25, 0.3) is 0 Å². The molecule has 1 saturated heterocycles. The lowest BCUT2D eigenvalue weighted by atomic mass is 9.63. The van der Waals surface area contributed by atoms with Gasteiger partial charge < -0.3 is 9.84 Å². The molecule has 0 amide bonds. The molecule has 2 rings (SSSR count). The van der Waals surface area contributed by atoms with E-state index in [4.69, 9.17) is 4.74 Å². The van der Waals surface area contributed by atoms with Gasteiger partial charge in [0.15, 0.2) is 5.60 Å². The summed E-state index contributed by atoms with van der Waals surface area (Å²) in [6.07, 6.45) is 3.02. The van der Waals surface area contributed by atoms with E-state index in [0.29, 0.717) is 17.8 Å². The quantitative estimate of drug-likeness (QED) is 0.754. The third-order valence-corrected chi connectivity index (χ3v) is 4.87. The predicted molar refractivity (Wildman–Crippen MR) is 65.3 cm³/mol. The number of aliphatic hydroxyl groups is 1. The van der Waals surface area contributed by atoms with Gasteiger partial charge in [-0.25, -0.2) is 4.79 Å². The second kappa shape index (κ2) is 4.27. The van der Waals surface area contributed by atoms with Gasteiger partial charge in [-0.15, -0.1) is 0 Å². The molecule has 2 aliphatic rings. The Hall–Kier alpha value is -0.570. The second-order valence-electron chi connectivity index (χ2n) is 6.24. The standard InChI is InChI=1S/C14H24O3/c1-5-9(3)10-6-8(2)7-11-12(10)14(4,16)13(15)17-11/h8-12,16H,5-7H2,1-4H3/t8-,9+,10-,11-,12-,14?/m1/s1. The molecule has 17 heavy (non-hydrogen) atoms. The highest BCUT2D eigenvalue weighted by Gasteiger charge is 2.58. The van der Waals surface area contributed by atoms with Gasteiger partial charge in [-0.05, 0) is 37.5 Å². The van der Waals surface area contributed by atoms with Crippen LogP contribution >= 0.6 is 0 Å². The van der Waals surface area contributed by atoms with Crippen molar-refractivity contribution >= 4 is 5.97 Å². The van der Waals surface area contributed by atoms with Crippen molar-refractivity contribution in [2.24, 2.45) is 23.7 Å². The molecule has 0 aromatic rings. The van der Waals surface area contributed by atoms with Crippen LogP contribution in [-0.2, 0) is 9.53 Å². The summed E-state index contributed by atoms with van der Waals surface area (Å²) >= 11 is 0. The van der Waals surface area contributed by atoms with Crippen molar-refractivity contribution in [1.82, 2.24) is 0 Å². The van der Waals surface area contributed by atoms with E-state index >= 15 is 0 Å². The van der Waals surface area contributed by atoms with E-state index in [0.717, 1.165) is 19.3 Å². The van der Waals surface area contributed by atoms with Crippen LogP contribution in [0.4, 0.5) is 0 Å². The first-order valence-corrected chi connectivity index (χ1v) is 6.81. The first kappa shape index (κ1) is 12.9. The predicted octanol–water partition coefficient (Wildman–Crippen LogP) is 2.37. The molecular formula is C14H24O3. The zero-order valence-electron chi connectivity index (χ0n) is 11.3.